The third-order valence-electron chi connectivity index (χ3n) is 4.97. The molecule has 6 heteroatoms. The molecular weight excluding hydrogens is 368 g/mol. The lowest BCUT2D eigenvalue weighted by Crippen LogP contribution is -2.19. The molecule has 1 aliphatic rings. The third kappa shape index (κ3) is 6.60. The van der Waals surface area contributed by atoms with Crippen molar-refractivity contribution in [2.24, 2.45) is 11.8 Å². The molecule has 0 aliphatic heterocycles. The van der Waals surface area contributed by atoms with Crippen molar-refractivity contribution in [3.8, 4) is 0 Å². The van der Waals surface area contributed by atoms with Crippen LogP contribution in [0.5, 0.6) is 0 Å². The Kier molecular flexibility index (Phi) is 8.20. The number of hydrogen-bond donors (Lipinski definition) is 2. The second kappa shape index (κ2) is 10.4. The molecule has 1 aliphatic carbocycles. The molecule has 0 radical (unpaired) electrons. The number of carbonyl (C=O) groups excluding carboxylic acids is 2. The summed E-state index contributed by atoms with van der Waals surface area (Å²) in [5.74, 6) is -1.63. The maximum Gasteiger partial charge on any atom is 0.303 e. The minimum Gasteiger partial charge on any atom is -0.481 e. The molecule has 1 saturated carbocycles. The van der Waals surface area contributed by atoms with Crippen LogP contribution in [0, 0.1) is 11.8 Å². The van der Waals surface area contributed by atoms with Crippen LogP contribution in [0.15, 0.2) is 36.4 Å². The summed E-state index contributed by atoms with van der Waals surface area (Å²) in [6.45, 7) is 0. The number of carboxylic acids is 1. The second-order valence-electron chi connectivity index (χ2n) is 7.00. The molecule has 0 spiro atoms. The Bertz CT molecular complexity index is 712. The van der Waals surface area contributed by atoms with Crippen LogP contribution in [0.2, 0.25) is 5.02 Å². The van der Waals surface area contributed by atoms with Crippen LogP contribution in [0.1, 0.15) is 55.3 Å². The van der Waals surface area contributed by atoms with E-state index in [1.807, 2.05) is 0 Å². The predicted molar refractivity (Wildman–Crippen MR) is 103 cm³/mol. The van der Waals surface area contributed by atoms with Crippen molar-refractivity contribution in [3.63, 3.8) is 0 Å². The number of carboxylic acid groups (broad SMARTS) is 1. The number of benzene rings is 1. The van der Waals surface area contributed by atoms with Crippen LogP contribution in [-0.2, 0) is 9.59 Å². The Morgan fingerprint density at radius 3 is 2.63 bits per heavy atom. The Labute approximate surface area is 164 Å². The molecule has 5 nitrogen and oxygen atoms in total. The van der Waals surface area contributed by atoms with Crippen LogP contribution < -0.4 is 0 Å². The molecule has 1 aromatic carbocycles. The minimum atomic E-state index is -0.793. The van der Waals surface area contributed by atoms with E-state index in [1.54, 1.807) is 30.3 Å². The lowest BCUT2D eigenvalue weighted by atomic mass is 9.88. The van der Waals surface area contributed by atoms with Gasteiger partial charge in [0.25, 0.3) is 0 Å². The van der Waals surface area contributed by atoms with Crippen LogP contribution in [0.4, 0.5) is 0 Å². The topological polar surface area (TPSA) is 91.7 Å². The highest BCUT2D eigenvalue weighted by atomic mass is 35.5. The summed E-state index contributed by atoms with van der Waals surface area (Å²) >= 11 is 5.90. The number of aliphatic hydroxyl groups excluding tert-OH is 1. The standard InChI is InChI=1S/C21H25ClO5/c22-15-7-5-6-14(12-15)18(23)11-10-17-16(19(24)13-20(17)25)8-3-1-2-4-9-21(26)27/h5-7,10-12,16-17,20,25H,1-4,8-9,13H2,(H,26,27). The summed E-state index contributed by atoms with van der Waals surface area (Å²) < 4.78 is 0. The smallest absolute Gasteiger partial charge is 0.303 e. The van der Waals surface area contributed by atoms with Crippen molar-refractivity contribution in [3.05, 3.63) is 47.0 Å². The van der Waals surface area contributed by atoms with Gasteiger partial charge in [-0.3, -0.25) is 14.4 Å². The van der Waals surface area contributed by atoms with Crippen molar-refractivity contribution in [2.75, 3.05) is 0 Å². The van der Waals surface area contributed by atoms with Gasteiger partial charge in [-0.15, -0.1) is 0 Å². The van der Waals surface area contributed by atoms with Crippen molar-refractivity contribution in [2.45, 2.75) is 51.0 Å². The van der Waals surface area contributed by atoms with E-state index < -0.39 is 12.1 Å². The van der Waals surface area contributed by atoms with E-state index in [9.17, 15) is 19.5 Å². The van der Waals surface area contributed by atoms with E-state index in [1.165, 1.54) is 6.08 Å². The summed E-state index contributed by atoms with van der Waals surface area (Å²) in [6, 6.07) is 6.64. The number of unbranched alkanes of at least 4 members (excludes halogenated alkanes) is 3. The zero-order valence-corrected chi connectivity index (χ0v) is 15.9. The zero-order chi connectivity index (χ0) is 19.8. The van der Waals surface area contributed by atoms with E-state index in [0.717, 1.165) is 19.3 Å². The maximum absolute atomic E-state index is 12.3. The fourth-order valence-corrected chi connectivity index (χ4v) is 3.71. The molecule has 1 fully saturated rings. The Morgan fingerprint density at radius 2 is 1.93 bits per heavy atom. The van der Waals surface area contributed by atoms with Gasteiger partial charge in [0.05, 0.1) is 6.10 Å². The van der Waals surface area contributed by atoms with E-state index in [0.29, 0.717) is 23.4 Å². The largest absolute Gasteiger partial charge is 0.481 e. The van der Waals surface area contributed by atoms with Gasteiger partial charge in [-0.05, 0) is 31.1 Å². The number of halogens is 1. The third-order valence-corrected chi connectivity index (χ3v) is 5.20. The summed E-state index contributed by atoms with van der Waals surface area (Å²) in [6.07, 6.45) is 6.31. The van der Waals surface area contributed by atoms with Gasteiger partial charge in [0, 0.05) is 35.3 Å². The highest BCUT2D eigenvalue weighted by molar-refractivity contribution is 6.31. The molecule has 0 aromatic heterocycles. The summed E-state index contributed by atoms with van der Waals surface area (Å²) in [7, 11) is 0. The van der Waals surface area contributed by atoms with Gasteiger partial charge in [-0.2, -0.15) is 0 Å². The van der Waals surface area contributed by atoms with Crippen molar-refractivity contribution in [1.29, 1.82) is 0 Å². The van der Waals surface area contributed by atoms with Crippen molar-refractivity contribution < 1.29 is 24.6 Å². The van der Waals surface area contributed by atoms with Gasteiger partial charge >= 0.3 is 5.97 Å². The fourth-order valence-electron chi connectivity index (χ4n) is 3.52. The van der Waals surface area contributed by atoms with E-state index in [4.69, 9.17) is 16.7 Å². The van der Waals surface area contributed by atoms with Gasteiger partial charge < -0.3 is 10.2 Å². The molecule has 0 bridgehead atoms. The molecular formula is C21H25ClO5. The number of rotatable bonds is 10. The fraction of sp³-hybridized carbons (Fsp3) is 0.476. The first-order chi connectivity index (χ1) is 12.9. The minimum absolute atomic E-state index is 0.0258. The Hall–Kier alpha value is -1.98. The summed E-state index contributed by atoms with van der Waals surface area (Å²) in [5, 5.41) is 19.3. The van der Waals surface area contributed by atoms with Gasteiger partial charge in [0.1, 0.15) is 5.78 Å². The maximum atomic E-state index is 12.3. The number of allylic oxidation sites excluding steroid dienone is 1. The van der Waals surface area contributed by atoms with Crippen molar-refractivity contribution >= 4 is 29.1 Å². The molecule has 27 heavy (non-hydrogen) atoms. The van der Waals surface area contributed by atoms with Gasteiger partial charge in [0.2, 0.25) is 0 Å². The number of aliphatic hydroxyl groups is 1. The Morgan fingerprint density at radius 1 is 1.19 bits per heavy atom. The van der Waals surface area contributed by atoms with Gasteiger partial charge in [-0.25, -0.2) is 0 Å². The average Bonchev–Trinajstić information content (AvgIpc) is 2.88. The lowest BCUT2D eigenvalue weighted by molar-refractivity contribution is -0.137. The average molecular weight is 393 g/mol. The quantitative estimate of drug-likeness (QED) is 0.355. The van der Waals surface area contributed by atoms with Crippen LogP contribution in [0.3, 0.4) is 0 Å². The Balaban J connectivity index is 1.89. The predicted octanol–water partition coefficient (Wildman–Crippen LogP) is 4.07. The second-order valence-corrected chi connectivity index (χ2v) is 7.44. The van der Waals surface area contributed by atoms with Crippen LogP contribution in [0.25, 0.3) is 0 Å². The number of aliphatic carboxylic acids is 1. The monoisotopic (exact) mass is 392 g/mol. The molecule has 1 aromatic rings. The number of Topliss-reactive ketones (excluding diaryl/α,β-unsaturated/α-hetero) is 1. The zero-order valence-electron chi connectivity index (χ0n) is 15.1. The number of carbonyl (C=O) groups is 3. The highest BCUT2D eigenvalue weighted by Crippen LogP contribution is 2.34. The van der Waals surface area contributed by atoms with Crippen LogP contribution in [-0.4, -0.2) is 33.9 Å². The molecule has 2 N–H and O–H groups in total. The molecule has 0 amide bonds. The summed E-state index contributed by atoms with van der Waals surface area (Å²) in [5.41, 5.74) is 0.465. The van der Waals surface area contributed by atoms with E-state index >= 15 is 0 Å². The molecule has 0 saturated heterocycles. The molecule has 146 valence electrons. The van der Waals surface area contributed by atoms with E-state index in [-0.39, 0.29) is 36.2 Å². The lowest BCUT2D eigenvalue weighted by Gasteiger charge is -2.17. The number of ketones is 2. The molecule has 3 atom stereocenters. The SMILES string of the molecule is O=C(O)CCCCCCC1C(=O)CC(O)C1C=CC(=O)c1cccc(Cl)c1. The van der Waals surface area contributed by atoms with Gasteiger partial charge in [0.15, 0.2) is 5.78 Å². The van der Waals surface area contributed by atoms with E-state index in [2.05, 4.69) is 0 Å². The van der Waals surface area contributed by atoms with Gasteiger partial charge in [-0.1, -0.05) is 49.1 Å². The summed E-state index contributed by atoms with van der Waals surface area (Å²) in [4.78, 5) is 35.0. The molecule has 2 rings (SSSR count). The molecule has 0 heterocycles. The molecule has 3 unspecified atom stereocenters. The number of hydrogen-bond acceptors (Lipinski definition) is 4. The van der Waals surface area contributed by atoms with Crippen LogP contribution >= 0.6 is 11.6 Å². The highest BCUT2D eigenvalue weighted by Gasteiger charge is 2.39. The first-order valence-electron chi connectivity index (χ1n) is 9.29. The normalized spacial score (nSPS) is 22.4. The first kappa shape index (κ1) is 21.3. The van der Waals surface area contributed by atoms with Crippen molar-refractivity contribution in [1.82, 2.24) is 0 Å². The first-order valence-corrected chi connectivity index (χ1v) is 9.67.